The number of nitrogens with one attached hydrogen (secondary N) is 3. The van der Waals surface area contributed by atoms with Gasteiger partial charge in [-0.2, -0.15) is 13.2 Å². The van der Waals surface area contributed by atoms with E-state index in [0.717, 1.165) is 23.5 Å². The van der Waals surface area contributed by atoms with Crippen LogP contribution in [0.5, 0.6) is 0 Å². The highest BCUT2D eigenvalue weighted by Gasteiger charge is 2.30. The molecule has 13 heteroatoms. The summed E-state index contributed by atoms with van der Waals surface area (Å²) < 4.78 is 38.6. The van der Waals surface area contributed by atoms with E-state index in [0.29, 0.717) is 17.1 Å². The largest absolute Gasteiger partial charge is 0.416 e. The highest BCUT2D eigenvalue weighted by Crippen LogP contribution is 2.31. The lowest BCUT2D eigenvalue weighted by Crippen LogP contribution is -2.29. The van der Waals surface area contributed by atoms with Crippen LogP contribution in [0.15, 0.2) is 36.8 Å². The van der Waals surface area contributed by atoms with Crippen molar-refractivity contribution in [3.8, 4) is 0 Å². The smallest absolute Gasteiger partial charge is 0.383 e. The number of hydrogen-bond acceptors (Lipinski definition) is 8. The fraction of sp³-hybridized carbons (Fsp3) is 0.250. The van der Waals surface area contributed by atoms with Gasteiger partial charge in [0.2, 0.25) is 0 Å². The molecule has 0 saturated heterocycles. The molecule has 0 fully saturated rings. The summed E-state index contributed by atoms with van der Waals surface area (Å²) in [7, 11) is 1.69. The first-order valence-corrected chi connectivity index (χ1v) is 10.4. The molecule has 2 amide bonds. The predicted molar refractivity (Wildman–Crippen MR) is 117 cm³/mol. The fourth-order valence-corrected chi connectivity index (χ4v) is 3.67. The molecule has 5 N–H and O–H groups in total. The molecule has 0 bridgehead atoms. The standard InChI is InChI=1S/C20H20F3N7O2S/c1-10(29-18(32)15-13(7-25-2)16(24)28-9-27-15)19-26-8-14(33-19)17(31)30-12-5-3-4-11(6-12)20(21,22)23/h3-6,8-10,25H,7H2,1-2H3,(H,29,32)(H,30,31)(H2,24,27,28). The van der Waals surface area contributed by atoms with Crippen molar-refractivity contribution in [1.82, 2.24) is 25.6 Å². The number of nitrogens with zero attached hydrogens (tertiary/aromatic N) is 3. The Kier molecular flexibility index (Phi) is 7.23. The van der Waals surface area contributed by atoms with Crippen molar-refractivity contribution in [2.45, 2.75) is 25.7 Å². The van der Waals surface area contributed by atoms with E-state index in [-0.39, 0.29) is 22.1 Å². The van der Waals surface area contributed by atoms with Crippen molar-refractivity contribution in [3.63, 3.8) is 0 Å². The molecule has 0 aliphatic rings. The van der Waals surface area contributed by atoms with Gasteiger partial charge in [-0.25, -0.2) is 15.0 Å². The fourth-order valence-electron chi connectivity index (χ4n) is 2.86. The van der Waals surface area contributed by atoms with E-state index < -0.39 is 29.6 Å². The van der Waals surface area contributed by atoms with Crippen molar-refractivity contribution >= 4 is 34.7 Å². The Morgan fingerprint density at radius 1 is 1.18 bits per heavy atom. The minimum absolute atomic E-state index is 0.00420. The zero-order chi connectivity index (χ0) is 24.2. The maximum absolute atomic E-state index is 12.9. The highest BCUT2D eigenvalue weighted by atomic mass is 32.1. The Labute approximate surface area is 190 Å². The van der Waals surface area contributed by atoms with E-state index in [4.69, 9.17) is 5.73 Å². The average molecular weight is 479 g/mol. The topological polar surface area (TPSA) is 135 Å². The van der Waals surface area contributed by atoms with Crippen LogP contribution in [0.25, 0.3) is 0 Å². The first-order valence-electron chi connectivity index (χ1n) is 9.59. The maximum atomic E-state index is 12.9. The zero-order valence-electron chi connectivity index (χ0n) is 17.5. The third-order valence-corrected chi connectivity index (χ3v) is 5.64. The number of carbonyl (C=O) groups excluding carboxylic acids is 2. The van der Waals surface area contributed by atoms with E-state index in [1.165, 1.54) is 24.7 Å². The van der Waals surface area contributed by atoms with Gasteiger partial charge in [-0.15, -0.1) is 11.3 Å². The van der Waals surface area contributed by atoms with Crippen LogP contribution >= 0.6 is 11.3 Å². The highest BCUT2D eigenvalue weighted by molar-refractivity contribution is 7.13. The summed E-state index contributed by atoms with van der Waals surface area (Å²) in [4.78, 5) is 37.4. The third-order valence-electron chi connectivity index (χ3n) is 4.46. The molecule has 0 aliphatic carbocycles. The van der Waals surface area contributed by atoms with Crippen LogP contribution in [0.2, 0.25) is 0 Å². The molecule has 0 spiro atoms. The van der Waals surface area contributed by atoms with Crippen molar-refractivity contribution in [1.29, 1.82) is 0 Å². The van der Waals surface area contributed by atoms with Gasteiger partial charge in [0.15, 0.2) is 0 Å². The van der Waals surface area contributed by atoms with Crippen LogP contribution in [-0.2, 0) is 12.7 Å². The molecule has 3 rings (SSSR count). The number of halogens is 3. The van der Waals surface area contributed by atoms with Crippen LogP contribution in [0.4, 0.5) is 24.7 Å². The SMILES string of the molecule is CNCc1c(N)ncnc1C(=O)NC(C)c1ncc(C(=O)Nc2cccc(C(F)(F)F)c2)s1. The summed E-state index contributed by atoms with van der Waals surface area (Å²) >= 11 is 1.00. The minimum Gasteiger partial charge on any atom is -0.383 e. The van der Waals surface area contributed by atoms with Crippen molar-refractivity contribution in [2.24, 2.45) is 0 Å². The Hall–Kier alpha value is -3.58. The zero-order valence-corrected chi connectivity index (χ0v) is 18.3. The molecule has 33 heavy (non-hydrogen) atoms. The van der Waals surface area contributed by atoms with Crippen LogP contribution < -0.4 is 21.7 Å². The lowest BCUT2D eigenvalue weighted by atomic mass is 10.2. The molecule has 2 aromatic heterocycles. The molecule has 0 radical (unpaired) electrons. The van der Waals surface area contributed by atoms with E-state index in [1.807, 2.05) is 0 Å². The number of carbonyl (C=O) groups is 2. The van der Waals surface area contributed by atoms with E-state index in [2.05, 4.69) is 30.9 Å². The Morgan fingerprint density at radius 3 is 2.64 bits per heavy atom. The number of aromatic nitrogens is 3. The van der Waals surface area contributed by atoms with Crippen molar-refractivity contribution in [3.05, 3.63) is 63.5 Å². The van der Waals surface area contributed by atoms with Crippen molar-refractivity contribution in [2.75, 3.05) is 18.1 Å². The molecule has 174 valence electrons. The molecule has 1 aromatic carbocycles. The second-order valence-corrected chi connectivity index (χ2v) is 7.97. The average Bonchev–Trinajstić information content (AvgIpc) is 3.25. The molecule has 0 aliphatic heterocycles. The van der Waals surface area contributed by atoms with Crippen LogP contribution in [0.3, 0.4) is 0 Å². The van der Waals surface area contributed by atoms with Gasteiger partial charge in [-0.1, -0.05) is 6.07 Å². The Morgan fingerprint density at radius 2 is 1.94 bits per heavy atom. The molecular weight excluding hydrogens is 459 g/mol. The first-order chi connectivity index (χ1) is 15.6. The Balaban J connectivity index is 1.69. The van der Waals surface area contributed by atoms with Gasteiger partial charge in [-0.3, -0.25) is 9.59 Å². The first kappa shape index (κ1) is 24.1. The number of alkyl halides is 3. The number of nitrogens with two attached hydrogens (primary N) is 1. The van der Waals surface area contributed by atoms with Gasteiger partial charge >= 0.3 is 6.18 Å². The number of rotatable bonds is 7. The maximum Gasteiger partial charge on any atom is 0.416 e. The number of hydrogen-bond donors (Lipinski definition) is 4. The lowest BCUT2D eigenvalue weighted by Gasteiger charge is -2.14. The molecule has 1 atom stereocenters. The summed E-state index contributed by atoms with van der Waals surface area (Å²) in [5.41, 5.74) is 5.53. The summed E-state index contributed by atoms with van der Waals surface area (Å²) in [6.45, 7) is 1.97. The Bertz CT molecular complexity index is 1170. The number of amides is 2. The van der Waals surface area contributed by atoms with Gasteiger partial charge in [-0.05, 0) is 32.2 Å². The molecule has 3 aromatic rings. The second kappa shape index (κ2) is 9.92. The molecule has 1 unspecified atom stereocenters. The lowest BCUT2D eigenvalue weighted by molar-refractivity contribution is -0.137. The summed E-state index contributed by atoms with van der Waals surface area (Å²) in [5, 5.41) is 8.49. The van der Waals surface area contributed by atoms with E-state index in [9.17, 15) is 22.8 Å². The molecule has 0 saturated carbocycles. The van der Waals surface area contributed by atoms with E-state index in [1.54, 1.807) is 14.0 Å². The number of thiazole rings is 1. The number of nitrogen functional groups attached to an aromatic ring is 1. The molecular formula is C20H20F3N7O2S. The van der Waals surface area contributed by atoms with Crippen molar-refractivity contribution < 1.29 is 22.8 Å². The van der Waals surface area contributed by atoms with Crippen LogP contribution in [-0.4, -0.2) is 33.8 Å². The van der Waals surface area contributed by atoms with Gasteiger partial charge in [0, 0.05) is 17.8 Å². The van der Waals surface area contributed by atoms with Gasteiger partial charge < -0.3 is 21.7 Å². The third kappa shape index (κ3) is 5.81. The molecule has 9 nitrogen and oxygen atoms in total. The quantitative estimate of drug-likeness (QED) is 0.409. The second-order valence-electron chi connectivity index (χ2n) is 6.91. The van der Waals surface area contributed by atoms with Crippen LogP contribution in [0, 0.1) is 0 Å². The van der Waals surface area contributed by atoms with Gasteiger partial charge in [0.05, 0.1) is 17.8 Å². The number of benzene rings is 1. The van der Waals surface area contributed by atoms with Gasteiger partial charge in [0.1, 0.15) is 27.7 Å². The van der Waals surface area contributed by atoms with E-state index >= 15 is 0 Å². The summed E-state index contributed by atoms with van der Waals surface area (Å²) in [5.74, 6) is -0.927. The minimum atomic E-state index is -4.52. The van der Waals surface area contributed by atoms with Gasteiger partial charge in [0.25, 0.3) is 11.8 Å². The monoisotopic (exact) mass is 479 g/mol. The van der Waals surface area contributed by atoms with Crippen LogP contribution in [0.1, 0.15) is 49.3 Å². The summed E-state index contributed by atoms with van der Waals surface area (Å²) in [6.07, 6.45) is -2.04. The normalized spacial score (nSPS) is 12.3. The predicted octanol–water partition coefficient (Wildman–Crippen LogP) is 3.00. The summed E-state index contributed by atoms with van der Waals surface area (Å²) in [6, 6.07) is 3.75. The number of anilines is 2. The molecule has 2 heterocycles.